The van der Waals surface area contributed by atoms with Gasteiger partial charge < -0.3 is 14.4 Å². The Labute approximate surface area is 105 Å². The maximum Gasteiger partial charge on any atom is 0.157 e. The quantitative estimate of drug-likeness (QED) is 0.822. The zero-order valence-corrected chi connectivity index (χ0v) is 10.8. The molecule has 1 aliphatic rings. The Bertz CT molecular complexity index is 386. The number of rotatable bonds is 3. The van der Waals surface area contributed by atoms with E-state index in [0.29, 0.717) is 0 Å². The molecular formula is C12H18N2O2S. The fourth-order valence-corrected chi connectivity index (χ4v) is 2.49. The minimum absolute atomic E-state index is 0.211. The lowest BCUT2D eigenvalue weighted by Gasteiger charge is -2.34. The molecular weight excluding hydrogens is 236 g/mol. The maximum atomic E-state index is 10.7. The summed E-state index contributed by atoms with van der Waals surface area (Å²) in [6.07, 6.45) is 0. The van der Waals surface area contributed by atoms with Gasteiger partial charge >= 0.3 is 0 Å². The van der Waals surface area contributed by atoms with E-state index in [1.807, 2.05) is 24.3 Å². The van der Waals surface area contributed by atoms with Crippen LogP contribution in [0.4, 0.5) is 5.69 Å². The van der Waals surface area contributed by atoms with Crippen molar-refractivity contribution >= 4 is 16.8 Å². The van der Waals surface area contributed by atoms with Crippen molar-refractivity contribution < 1.29 is 8.76 Å². The zero-order valence-electron chi connectivity index (χ0n) is 10.0. The van der Waals surface area contributed by atoms with Crippen LogP contribution in [0.1, 0.15) is 5.56 Å². The predicted molar refractivity (Wildman–Crippen MR) is 70.6 cm³/mol. The Balaban J connectivity index is 2.00. The maximum absolute atomic E-state index is 10.7. The van der Waals surface area contributed by atoms with Crippen LogP contribution in [0, 0.1) is 0 Å². The molecule has 0 radical (unpaired) electrons. The van der Waals surface area contributed by atoms with E-state index >= 15 is 0 Å². The predicted octanol–water partition coefficient (Wildman–Crippen LogP) is 1.16. The molecule has 1 aliphatic heterocycles. The van der Waals surface area contributed by atoms with Crippen LogP contribution in [0.5, 0.6) is 0 Å². The lowest BCUT2D eigenvalue weighted by Crippen LogP contribution is -2.44. The molecule has 2 rings (SSSR count). The van der Waals surface area contributed by atoms with E-state index in [1.165, 1.54) is 5.69 Å². The summed E-state index contributed by atoms with van der Waals surface area (Å²) in [6, 6.07) is 7.94. The Morgan fingerprint density at radius 1 is 1.18 bits per heavy atom. The second-order valence-corrected chi connectivity index (χ2v) is 5.35. The van der Waals surface area contributed by atoms with Gasteiger partial charge in [0.2, 0.25) is 0 Å². The highest BCUT2D eigenvalue weighted by atomic mass is 32.2. The first-order chi connectivity index (χ1) is 8.15. The molecule has 1 unspecified atom stereocenters. The topological polar surface area (TPSA) is 43.8 Å². The van der Waals surface area contributed by atoms with Gasteiger partial charge in [-0.1, -0.05) is 12.1 Å². The summed E-state index contributed by atoms with van der Waals surface area (Å²) in [4.78, 5) is 4.67. The van der Waals surface area contributed by atoms with Crippen LogP contribution in [-0.4, -0.2) is 46.9 Å². The van der Waals surface area contributed by atoms with E-state index in [9.17, 15) is 4.21 Å². The van der Waals surface area contributed by atoms with Crippen molar-refractivity contribution in [3.63, 3.8) is 0 Å². The molecule has 1 atom stereocenters. The Hall–Kier alpha value is -0.910. The molecule has 1 aromatic rings. The number of piperazine rings is 1. The van der Waals surface area contributed by atoms with Gasteiger partial charge in [0.15, 0.2) is 11.1 Å². The smallest absolute Gasteiger partial charge is 0.157 e. The van der Waals surface area contributed by atoms with Gasteiger partial charge in [-0.15, -0.1) is 0 Å². The van der Waals surface area contributed by atoms with Crippen LogP contribution in [0.25, 0.3) is 0 Å². The molecule has 1 fully saturated rings. The molecule has 0 amide bonds. The molecule has 1 heterocycles. The molecule has 1 aromatic carbocycles. The van der Waals surface area contributed by atoms with Gasteiger partial charge in [0.25, 0.3) is 0 Å². The molecule has 17 heavy (non-hydrogen) atoms. The Morgan fingerprint density at radius 2 is 1.76 bits per heavy atom. The minimum Gasteiger partial charge on any atom is -0.369 e. The number of anilines is 1. The third-order valence-electron chi connectivity index (χ3n) is 3.09. The van der Waals surface area contributed by atoms with Gasteiger partial charge in [0.1, 0.15) is 0 Å². The first kappa shape index (κ1) is 12.5. The average molecular weight is 254 g/mol. The average Bonchev–Trinajstić information content (AvgIpc) is 2.30. The van der Waals surface area contributed by atoms with Crippen LogP contribution in [0.3, 0.4) is 0 Å². The second-order valence-electron chi connectivity index (χ2n) is 4.42. The molecule has 0 spiro atoms. The van der Waals surface area contributed by atoms with E-state index in [2.05, 4.69) is 16.8 Å². The van der Waals surface area contributed by atoms with Crippen molar-refractivity contribution in [1.82, 2.24) is 4.90 Å². The van der Waals surface area contributed by atoms with Gasteiger partial charge in [-0.2, -0.15) is 0 Å². The van der Waals surface area contributed by atoms with Gasteiger partial charge in [0, 0.05) is 31.9 Å². The van der Waals surface area contributed by atoms with Crippen molar-refractivity contribution in [2.45, 2.75) is 5.75 Å². The van der Waals surface area contributed by atoms with Crippen molar-refractivity contribution in [2.24, 2.45) is 0 Å². The summed E-state index contributed by atoms with van der Waals surface area (Å²) in [7, 11) is 2.14. The van der Waals surface area contributed by atoms with Crippen LogP contribution >= 0.6 is 0 Å². The summed E-state index contributed by atoms with van der Waals surface area (Å²) in [5, 5.41) is 0. The normalized spacial score (nSPS) is 19.3. The van der Waals surface area contributed by atoms with E-state index < -0.39 is 11.1 Å². The molecule has 0 bridgehead atoms. The third kappa shape index (κ3) is 3.52. The van der Waals surface area contributed by atoms with Crippen molar-refractivity contribution in [2.75, 3.05) is 38.1 Å². The molecule has 4 nitrogen and oxygen atoms in total. The highest BCUT2D eigenvalue weighted by Crippen LogP contribution is 2.17. The molecule has 1 saturated heterocycles. The van der Waals surface area contributed by atoms with Gasteiger partial charge in [-0.25, -0.2) is 4.21 Å². The number of nitrogens with zero attached hydrogens (tertiary/aromatic N) is 2. The van der Waals surface area contributed by atoms with Crippen molar-refractivity contribution in [1.29, 1.82) is 0 Å². The SMILES string of the molecule is CN1CCN(c2ccc(CS(=O)O)cc2)CC1. The first-order valence-corrected chi connectivity index (χ1v) is 7.02. The lowest BCUT2D eigenvalue weighted by atomic mass is 10.2. The summed E-state index contributed by atoms with van der Waals surface area (Å²) >= 11 is -1.75. The van der Waals surface area contributed by atoms with Gasteiger partial charge in [0.05, 0.1) is 5.75 Å². The lowest BCUT2D eigenvalue weighted by molar-refractivity contribution is 0.313. The summed E-state index contributed by atoms with van der Waals surface area (Å²) in [5.74, 6) is 0.211. The number of hydrogen-bond acceptors (Lipinski definition) is 3. The fourth-order valence-electron chi connectivity index (χ4n) is 2.01. The Morgan fingerprint density at radius 3 is 2.29 bits per heavy atom. The van der Waals surface area contributed by atoms with Crippen molar-refractivity contribution in [3.8, 4) is 0 Å². The van der Waals surface area contributed by atoms with Crippen LogP contribution in [0.2, 0.25) is 0 Å². The van der Waals surface area contributed by atoms with Gasteiger partial charge in [-0.05, 0) is 24.7 Å². The van der Waals surface area contributed by atoms with E-state index in [4.69, 9.17) is 4.55 Å². The van der Waals surface area contributed by atoms with E-state index in [1.54, 1.807) is 0 Å². The first-order valence-electron chi connectivity index (χ1n) is 5.75. The summed E-state index contributed by atoms with van der Waals surface area (Å²) < 4.78 is 19.5. The molecule has 94 valence electrons. The molecule has 0 saturated carbocycles. The highest BCUT2D eigenvalue weighted by Gasteiger charge is 2.13. The highest BCUT2D eigenvalue weighted by molar-refractivity contribution is 7.78. The van der Waals surface area contributed by atoms with E-state index in [-0.39, 0.29) is 5.75 Å². The largest absolute Gasteiger partial charge is 0.369 e. The molecule has 0 aliphatic carbocycles. The Kier molecular flexibility index (Phi) is 4.15. The number of likely N-dealkylation sites (N-methyl/N-ethyl adjacent to an activating group) is 1. The molecule has 1 N–H and O–H groups in total. The second kappa shape index (κ2) is 5.62. The fraction of sp³-hybridized carbons (Fsp3) is 0.500. The monoisotopic (exact) mass is 254 g/mol. The minimum atomic E-state index is -1.75. The van der Waals surface area contributed by atoms with Gasteiger partial charge in [-0.3, -0.25) is 0 Å². The number of benzene rings is 1. The summed E-state index contributed by atoms with van der Waals surface area (Å²) in [6.45, 7) is 4.26. The molecule has 0 aromatic heterocycles. The summed E-state index contributed by atoms with van der Waals surface area (Å²) in [5.41, 5.74) is 2.11. The van der Waals surface area contributed by atoms with Crippen LogP contribution in [-0.2, 0) is 16.8 Å². The van der Waals surface area contributed by atoms with Crippen LogP contribution < -0.4 is 4.90 Å². The number of hydrogen-bond donors (Lipinski definition) is 1. The van der Waals surface area contributed by atoms with Crippen LogP contribution in [0.15, 0.2) is 24.3 Å². The third-order valence-corrected chi connectivity index (χ3v) is 3.68. The van der Waals surface area contributed by atoms with E-state index in [0.717, 1.165) is 31.7 Å². The molecule has 5 heteroatoms. The van der Waals surface area contributed by atoms with Crippen molar-refractivity contribution in [3.05, 3.63) is 29.8 Å². The zero-order chi connectivity index (χ0) is 12.3. The standard InChI is InChI=1S/C12H18N2O2S/c1-13-6-8-14(9-7-13)12-4-2-11(3-5-12)10-17(15)16/h2-5H,6-10H2,1H3,(H,15,16).